The third kappa shape index (κ3) is 1.85. The van der Waals surface area contributed by atoms with Gasteiger partial charge < -0.3 is 0 Å². The summed E-state index contributed by atoms with van der Waals surface area (Å²) in [4.78, 5) is 11.8. The van der Waals surface area contributed by atoms with Crippen molar-refractivity contribution in [3.05, 3.63) is 50.1 Å². The van der Waals surface area contributed by atoms with Gasteiger partial charge in [-0.25, -0.2) is 3.96 Å². The number of aryl methyl sites for hydroxylation is 1. The SMILES string of the molecule is Cc1ccc(-n2sc(Cl)c(C)c2=O)cc1. The summed E-state index contributed by atoms with van der Waals surface area (Å²) in [7, 11) is 0. The highest BCUT2D eigenvalue weighted by Crippen LogP contribution is 2.21. The number of rotatable bonds is 1. The first kappa shape index (κ1) is 10.5. The molecule has 0 aliphatic heterocycles. The van der Waals surface area contributed by atoms with E-state index in [2.05, 4.69) is 0 Å². The minimum atomic E-state index is -0.0335. The van der Waals surface area contributed by atoms with Crippen LogP contribution in [0.4, 0.5) is 0 Å². The summed E-state index contributed by atoms with van der Waals surface area (Å²) in [6, 6.07) is 7.79. The molecule has 0 aliphatic carbocycles. The third-order valence-electron chi connectivity index (χ3n) is 2.24. The van der Waals surface area contributed by atoms with E-state index in [1.165, 1.54) is 17.1 Å². The average molecular weight is 240 g/mol. The molecule has 0 radical (unpaired) electrons. The van der Waals surface area contributed by atoms with Gasteiger partial charge in [0.1, 0.15) is 4.34 Å². The molecular weight excluding hydrogens is 230 g/mol. The smallest absolute Gasteiger partial charge is 0.268 e. The Bertz CT molecular complexity index is 539. The Morgan fingerprint density at radius 3 is 2.27 bits per heavy atom. The van der Waals surface area contributed by atoms with Gasteiger partial charge in [-0.15, -0.1) is 0 Å². The van der Waals surface area contributed by atoms with Crippen molar-refractivity contribution >= 4 is 23.1 Å². The van der Waals surface area contributed by atoms with E-state index in [1.54, 1.807) is 10.9 Å². The van der Waals surface area contributed by atoms with Crippen molar-refractivity contribution in [1.29, 1.82) is 0 Å². The lowest BCUT2D eigenvalue weighted by Crippen LogP contribution is -2.12. The zero-order valence-electron chi connectivity index (χ0n) is 8.45. The van der Waals surface area contributed by atoms with Gasteiger partial charge in [0.25, 0.3) is 5.56 Å². The van der Waals surface area contributed by atoms with Crippen LogP contribution in [0.5, 0.6) is 0 Å². The van der Waals surface area contributed by atoms with Crippen molar-refractivity contribution in [3.63, 3.8) is 0 Å². The molecule has 0 unspecified atom stereocenters. The molecule has 0 aliphatic rings. The minimum absolute atomic E-state index is 0.0335. The molecule has 0 saturated carbocycles. The quantitative estimate of drug-likeness (QED) is 0.749. The Hall–Kier alpha value is -1.06. The maximum Gasteiger partial charge on any atom is 0.269 e. The highest BCUT2D eigenvalue weighted by atomic mass is 35.5. The predicted octanol–water partition coefficient (Wildman–Crippen LogP) is 3.17. The summed E-state index contributed by atoms with van der Waals surface area (Å²) in [6.45, 7) is 3.76. The number of hydrogen-bond acceptors (Lipinski definition) is 2. The topological polar surface area (TPSA) is 22.0 Å². The summed E-state index contributed by atoms with van der Waals surface area (Å²) in [5.41, 5.74) is 2.62. The second-order valence-corrected chi connectivity index (χ2v) is 4.98. The molecule has 0 fully saturated rings. The molecule has 1 aromatic heterocycles. The van der Waals surface area contributed by atoms with Crippen LogP contribution >= 0.6 is 23.1 Å². The normalized spacial score (nSPS) is 10.6. The van der Waals surface area contributed by atoms with E-state index in [1.807, 2.05) is 31.2 Å². The van der Waals surface area contributed by atoms with Crippen molar-refractivity contribution in [2.75, 3.05) is 0 Å². The van der Waals surface area contributed by atoms with E-state index < -0.39 is 0 Å². The number of aromatic nitrogens is 1. The lowest BCUT2D eigenvalue weighted by Gasteiger charge is -1.99. The van der Waals surface area contributed by atoms with Gasteiger partial charge in [-0.3, -0.25) is 4.79 Å². The summed E-state index contributed by atoms with van der Waals surface area (Å²) in [5.74, 6) is 0. The Morgan fingerprint density at radius 1 is 1.20 bits per heavy atom. The van der Waals surface area contributed by atoms with Crippen molar-refractivity contribution in [2.45, 2.75) is 13.8 Å². The van der Waals surface area contributed by atoms with Crippen LogP contribution in [0.3, 0.4) is 0 Å². The van der Waals surface area contributed by atoms with Crippen LogP contribution in [0.1, 0.15) is 11.1 Å². The molecular formula is C11H10ClNOS. The molecule has 0 bridgehead atoms. The zero-order chi connectivity index (χ0) is 11.0. The van der Waals surface area contributed by atoms with Crippen LogP contribution in [-0.4, -0.2) is 3.96 Å². The van der Waals surface area contributed by atoms with E-state index in [4.69, 9.17) is 11.6 Å². The molecule has 1 aromatic carbocycles. The number of halogens is 1. The molecule has 15 heavy (non-hydrogen) atoms. The van der Waals surface area contributed by atoms with Crippen molar-refractivity contribution in [3.8, 4) is 5.69 Å². The van der Waals surface area contributed by atoms with Gasteiger partial charge in [-0.05, 0) is 37.5 Å². The van der Waals surface area contributed by atoms with Crippen LogP contribution in [0.15, 0.2) is 29.1 Å². The number of nitrogens with zero attached hydrogens (tertiary/aromatic N) is 1. The van der Waals surface area contributed by atoms with Gasteiger partial charge in [-0.2, -0.15) is 0 Å². The van der Waals surface area contributed by atoms with Crippen LogP contribution in [-0.2, 0) is 0 Å². The molecule has 0 N–H and O–H groups in total. The van der Waals surface area contributed by atoms with Crippen LogP contribution in [0.2, 0.25) is 4.34 Å². The second kappa shape index (κ2) is 3.83. The fraction of sp³-hybridized carbons (Fsp3) is 0.182. The van der Waals surface area contributed by atoms with Gasteiger partial charge >= 0.3 is 0 Å². The van der Waals surface area contributed by atoms with Crippen LogP contribution < -0.4 is 5.56 Å². The summed E-state index contributed by atoms with van der Waals surface area (Å²) in [6.07, 6.45) is 0. The summed E-state index contributed by atoms with van der Waals surface area (Å²) in [5, 5.41) is 0. The third-order valence-corrected chi connectivity index (χ3v) is 3.76. The molecule has 2 aromatic rings. The molecule has 4 heteroatoms. The van der Waals surface area contributed by atoms with E-state index in [9.17, 15) is 4.79 Å². The maximum atomic E-state index is 11.8. The minimum Gasteiger partial charge on any atom is -0.268 e. The molecule has 0 saturated heterocycles. The van der Waals surface area contributed by atoms with Gasteiger partial charge in [0, 0.05) is 5.56 Å². The van der Waals surface area contributed by atoms with Crippen molar-refractivity contribution < 1.29 is 0 Å². The Morgan fingerprint density at radius 2 is 1.80 bits per heavy atom. The largest absolute Gasteiger partial charge is 0.269 e. The van der Waals surface area contributed by atoms with E-state index in [-0.39, 0.29) is 5.56 Å². The Labute approximate surface area is 96.9 Å². The maximum absolute atomic E-state index is 11.8. The van der Waals surface area contributed by atoms with E-state index >= 15 is 0 Å². The first-order valence-corrected chi connectivity index (χ1v) is 5.70. The first-order chi connectivity index (χ1) is 7.09. The molecule has 78 valence electrons. The van der Waals surface area contributed by atoms with E-state index in [0.717, 1.165) is 5.69 Å². The lowest BCUT2D eigenvalue weighted by molar-refractivity contribution is 1.11. The first-order valence-electron chi connectivity index (χ1n) is 4.55. The summed E-state index contributed by atoms with van der Waals surface area (Å²) < 4.78 is 2.16. The van der Waals surface area contributed by atoms with Gasteiger partial charge in [-0.1, -0.05) is 29.3 Å². The fourth-order valence-corrected chi connectivity index (χ4v) is 2.40. The van der Waals surface area contributed by atoms with Gasteiger partial charge in [0.15, 0.2) is 0 Å². The monoisotopic (exact) mass is 239 g/mol. The Kier molecular flexibility index (Phi) is 2.67. The van der Waals surface area contributed by atoms with Crippen molar-refractivity contribution in [2.24, 2.45) is 0 Å². The zero-order valence-corrected chi connectivity index (χ0v) is 10.0. The molecule has 1 heterocycles. The number of benzene rings is 1. The molecule has 0 amide bonds. The molecule has 2 rings (SSSR count). The van der Waals surface area contributed by atoms with Crippen LogP contribution in [0, 0.1) is 13.8 Å². The predicted molar refractivity (Wildman–Crippen MR) is 64.4 cm³/mol. The molecule has 0 atom stereocenters. The summed E-state index contributed by atoms with van der Waals surface area (Å²) >= 11 is 7.18. The van der Waals surface area contributed by atoms with Crippen LogP contribution in [0.25, 0.3) is 5.69 Å². The second-order valence-electron chi connectivity index (χ2n) is 3.43. The fourth-order valence-electron chi connectivity index (χ4n) is 1.28. The highest BCUT2D eigenvalue weighted by molar-refractivity contribution is 7.11. The molecule has 2 nitrogen and oxygen atoms in total. The average Bonchev–Trinajstić information content (AvgIpc) is 2.47. The Balaban J connectivity index is 2.59. The van der Waals surface area contributed by atoms with Gasteiger partial charge in [0.05, 0.1) is 5.69 Å². The van der Waals surface area contributed by atoms with Gasteiger partial charge in [0.2, 0.25) is 0 Å². The standard InChI is InChI=1S/C11H10ClNOS/c1-7-3-5-9(6-4-7)13-11(14)8(2)10(12)15-13/h3-6H,1-2H3. The number of hydrogen-bond donors (Lipinski definition) is 0. The lowest BCUT2D eigenvalue weighted by atomic mass is 10.2. The van der Waals surface area contributed by atoms with E-state index in [0.29, 0.717) is 9.90 Å². The molecule has 0 spiro atoms. The highest BCUT2D eigenvalue weighted by Gasteiger charge is 2.09. The van der Waals surface area contributed by atoms with Crippen molar-refractivity contribution in [1.82, 2.24) is 3.96 Å².